The van der Waals surface area contributed by atoms with E-state index in [0.29, 0.717) is 19.3 Å². The first kappa shape index (κ1) is 66.4. The average Bonchev–Trinajstić information content (AvgIpc) is 3.32. The second-order valence-corrected chi connectivity index (χ2v) is 21.8. The van der Waals surface area contributed by atoms with Crippen molar-refractivity contribution in [3.63, 3.8) is 0 Å². The third kappa shape index (κ3) is 55.3. The van der Waals surface area contributed by atoms with Gasteiger partial charge in [0.05, 0.1) is 0 Å². The van der Waals surface area contributed by atoms with Crippen LogP contribution in [0.3, 0.4) is 0 Å². The van der Waals surface area contributed by atoms with Crippen LogP contribution in [0.25, 0.3) is 0 Å². The molecular formula is C62H120O6. The van der Waals surface area contributed by atoms with Crippen LogP contribution < -0.4 is 0 Å². The van der Waals surface area contributed by atoms with E-state index in [2.05, 4.69) is 27.7 Å². The van der Waals surface area contributed by atoms with Crippen LogP contribution in [0.15, 0.2) is 0 Å². The van der Waals surface area contributed by atoms with E-state index in [4.69, 9.17) is 14.2 Å². The third-order valence-electron chi connectivity index (χ3n) is 14.3. The molecule has 0 aromatic rings. The summed E-state index contributed by atoms with van der Waals surface area (Å²) in [4.78, 5) is 38.2. The summed E-state index contributed by atoms with van der Waals surface area (Å²) in [6.45, 7) is 9.08. The SMILES string of the molecule is CCCCCCCCCCCCCCCCCCCCC(=O)O[C@@H](COC(=O)CCCCCCCCCCCCCCCCCCC)COC(=O)CCCCCCCCCCCCCCC(C)C. The van der Waals surface area contributed by atoms with Crippen LogP contribution in [-0.4, -0.2) is 37.2 Å². The summed E-state index contributed by atoms with van der Waals surface area (Å²) in [5.74, 6) is 0.00339. The fourth-order valence-electron chi connectivity index (χ4n) is 9.63. The molecule has 0 aliphatic carbocycles. The van der Waals surface area contributed by atoms with Crippen molar-refractivity contribution in [2.24, 2.45) is 5.92 Å². The predicted molar refractivity (Wildman–Crippen MR) is 293 cm³/mol. The summed E-state index contributed by atoms with van der Waals surface area (Å²) >= 11 is 0. The monoisotopic (exact) mass is 961 g/mol. The lowest BCUT2D eigenvalue weighted by atomic mass is 10.0. The molecule has 0 amide bonds. The van der Waals surface area contributed by atoms with Gasteiger partial charge in [0.15, 0.2) is 6.10 Å². The molecule has 0 fully saturated rings. The van der Waals surface area contributed by atoms with E-state index < -0.39 is 6.10 Å². The van der Waals surface area contributed by atoms with Gasteiger partial charge in [-0.25, -0.2) is 0 Å². The number of carbonyl (C=O) groups excluding carboxylic acids is 3. The normalized spacial score (nSPS) is 12.0. The maximum Gasteiger partial charge on any atom is 0.306 e. The fraction of sp³-hybridized carbons (Fsp3) is 0.952. The molecule has 68 heavy (non-hydrogen) atoms. The van der Waals surface area contributed by atoms with E-state index in [-0.39, 0.29) is 31.1 Å². The number of hydrogen-bond donors (Lipinski definition) is 0. The van der Waals surface area contributed by atoms with Gasteiger partial charge < -0.3 is 14.2 Å². The maximum absolute atomic E-state index is 12.9. The largest absolute Gasteiger partial charge is 0.462 e. The van der Waals surface area contributed by atoms with Crippen molar-refractivity contribution in [1.82, 2.24) is 0 Å². The van der Waals surface area contributed by atoms with Crippen molar-refractivity contribution in [3.8, 4) is 0 Å². The fourth-order valence-corrected chi connectivity index (χ4v) is 9.63. The molecule has 1 atom stereocenters. The summed E-state index contributed by atoms with van der Waals surface area (Å²) in [6, 6.07) is 0. The lowest BCUT2D eigenvalue weighted by Crippen LogP contribution is -2.30. The number of hydrogen-bond acceptors (Lipinski definition) is 6. The number of esters is 3. The molecule has 0 saturated carbocycles. The second-order valence-electron chi connectivity index (χ2n) is 21.8. The minimum Gasteiger partial charge on any atom is -0.462 e. The smallest absolute Gasteiger partial charge is 0.306 e. The molecule has 0 aromatic carbocycles. The Bertz CT molecular complexity index is 1030. The van der Waals surface area contributed by atoms with Gasteiger partial charge in [-0.3, -0.25) is 14.4 Å². The van der Waals surface area contributed by atoms with Crippen molar-refractivity contribution < 1.29 is 28.6 Å². The summed E-state index contributed by atoms with van der Waals surface area (Å²) in [7, 11) is 0. The molecule has 0 aliphatic rings. The van der Waals surface area contributed by atoms with Crippen molar-refractivity contribution in [2.45, 2.75) is 361 Å². The molecule has 0 saturated heterocycles. The highest BCUT2D eigenvalue weighted by Crippen LogP contribution is 2.18. The van der Waals surface area contributed by atoms with Gasteiger partial charge in [0, 0.05) is 19.3 Å². The number of carbonyl (C=O) groups is 3. The van der Waals surface area contributed by atoms with Crippen LogP contribution in [0.2, 0.25) is 0 Å². The lowest BCUT2D eigenvalue weighted by Gasteiger charge is -2.18. The third-order valence-corrected chi connectivity index (χ3v) is 14.3. The van der Waals surface area contributed by atoms with Gasteiger partial charge in [-0.2, -0.15) is 0 Å². The van der Waals surface area contributed by atoms with Crippen molar-refractivity contribution >= 4 is 17.9 Å². The van der Waals surface area contributed by atoms with Gasteiger partial charge in [-0.15, -0.1) is 0 Å². The Balaban J connectivity index is 4.29. The highest BCUT2D eigenvalue weighted by molar-refractivity contribution is 5.71. The Labute approximate surface area is 425 Å². The predicted octanol–water partition coefficient (Wildman–Crippen LogP) is 20.6. The van der Waals surface area contributed by atoms with Crippen LogP contribution >= 0.6 is 0 Å². The molecule has 0 aliphatic heterocycles. The van der Waals surface area contributed by atoms with Gasteiger partial charge in [0.1, 0.15) is 13.2 Å². The van der Waals surface area contributed by atoms with Gasteiger partial charge in [0.25, 0.3) is 0 Å². The van der Waals surface area contributed by atoms with Crippen molar-refractivity contribution in [2.75, 3.05) is 13.2 Å². The Morgan fingerprint density at radius 1 is 0.279 bits per heavy atom. The molecule has 0 spiro atoms. The highest BCUT2D eigenvalue weighted by Gasteiger charge is 2.19. The van der Waals surface area contributed by atoms with E-state index in [9.17, 15) is 14.4 Å². The minimum atomic E-state index is -0.762. The molecule has 0 bridgehead atoms. The van der Waals surface area contributed by atoms with E-state index in [1.54, 1.807) is 0 Å². The Kier molecular flexibility index (Phi) is 55.0. The van der Waals surface area contributed by atoms with E-state index >= 15 is 0 Å². The first-order valence-corrected chi connectivity index (χ1v) is 30.9. The van der Waals surface area contributed by atoms with Gasteiger partial charge in [-0.05, 0) is 25.2 Å². The first-order valence-electron chi connectivity index (χ1n) is 30.9. The van der Waals surface area contributed by atoms with Crippen LogP contribution in [0, 0.1) is 5.92 Å². The second kappa shape index (κ2) is 56.3. The molecule has 0 aromatic heterocycles. The van der Waals surface area contributed by atoms with Crippen LogP contribution in [0.4, 0.5) is 0 Å². The summed E-state index contributed by atoms with van der Waals surface area (Å²) in [5, 5.41) is 0. The molecule has 404 valence electrons. The van der Waals surface area contributed by atoms with Crippen LogP contribution in [-0.2, 0) is 28.6 Å². The average molecular weight is 962 g/mol. The summed E-state index contributed by atoms with van der Waals surface area (Å²) in [6.07, 6.45) is 62.4. The lowest BCUT2D eigenvalue weighted by molar-refractivity contribution is -0.167. The zero-order valence-electron chi connectivity index (χ0n) is 46.6. The van der Waals surface area contributed by atoms with Crippen LogP contribution in [0.5, 0.6) is 0 Å². The molecule has 0 unspecified atom stereocenters. The Morgan fingerprint density at radius 2 is 0.485 bits per heavy atom. The number of ether oxygens (including phenoxy) is 3. The van der Waals surface area contributed by atoms with Crippen molar-refractivity contribution in [1.29, 1.82) is 0 Å². The van der Waals surface area contributed by atoms with Gasteiger partial charge in [0.2, 0.25) is 0 Å². The number of rotatable bonds is 57. The molecule has 6 nitrogen and oxygen atoms in total. The van der Waals surface area contributed by atoms with Crippen molar-refractivity contribution in [3.05, 3.63) is 0 Å². The van der Waals surface area contributed by atoms with E-state index in [1.807, 2.05) is 0 Å². The first-order chi connectivity index (χ1) is 33.4. The van der Waals surface area contributed by atoms with E-state index in [1.165, 1.54) is 250 Å². The minimum absolute atomic E-state index is 0.0614. The van der Waals surface area contributed by atoms with E-state index in [0.717, 1.165) is 63.7 Å². The standard InChI is InChI=1S/C62H120O6/c1-5-7-9-11-13-15-17-19-21-23-25-27-29-35-39-43-47-51-55-62(65)68-59(57-67-61(64)54-50-46-42-38-34-31-30-32-36-40-44-48-52-58(3)4)56-66-60(63)53-49-45-41-37-33-28-26-24-22-20-18-16-14-12-10-8-6-2/h58-59H,5-57H2,1-4H3/t59-/m0/s1. The van der Waals surface area contributed by atoms with Gasteiger partial charge >= 0.3 is 17.9 Å². The number of unbranched alkanes of at least 4 members (excludes halogenated alkanes) is 44. The highest BCUT2D eigenvalue weighted by atomic mass is 16.6. The molecule has 6 heteroatoms. The zero-order valence-corrected chi connectivity index (χ0v) is 46.6. The molecule has 0 N–H and O–H groups in total. The Hall–Kier alpha value is -1.59. The molecule has 0 heterocycles. The molecule has 0 rings (SSSR count). The summed E-state index contributed by atoms with van der Waals surface area (Å²) in [5.41, 5.74) is 0. The molecule has 0 radical (unpaired) electrons. The quantitative estimate of drug-likeness (QED) is 0.0343. The zero-order chi connectivity index (χ0) is 49.5. The molecular weight excluding hydrogens is 841 g/mol. The topological polar surface area (TPSA) is 78.9 Å². The Morgan fingerprint density at radius 3 is 0.721 bits per heavy atom. The maximum atomic E-state index is 12.9. The van der Waals surface area contributed by atoms with Gasteiger partial charge in [-0.1, -0.05) is 317 Å². The summed E-state index contributed by atoms with van der Waals surface area (Å²) < 4.78 is 16.9. The van der Waals surface area contributed by atoms with Crippen LogP contribution in [0.1, 0.15) is 355 Å².